The molecule has 4 fully saturated rings. The van der Waals surface area contributed by atoms with Crippen molar-refractivity contribution in [2.24, 2.45) is 5.92 Å². The summed E-state index contributed by atoms with van der Waals surface area (Å²) < 4.78 is 121. The maximum absolute atomic E-state index is 16.2. The van der Waals surface area contributed by atoms with E-state index in [-0.39, 0.29) is 179 Å². The van der Waals surface area contributed by atoms with Gasteiger partial charge in [0.05, 0.1) is 107 Å². The zero-order valence-electron chi connectivity index (χ0n) is 86.0. The van der Waals surface area contributed by atoms with E-state index in [1.54, 1.807) is 107 Å². The topological polar surface area (TPSA) is 532 Å². The summed E-state index contributed by atoms with van der Waals surface area (Å²) in [5.41, 5.74) is -3.91. The van der Waals surface area contributed by atoms with Crippen LogP contribution in [0.5, 0.6) is 5.75 Å². The van der Waals surface area contributed by atoms with Crippen molar-refractivity contribution in [3.8, 4) is 5.75 Å². The fourth-order valence-corrected chi connectivity index (χ4v) is 18.0. The van der Waals surface area contributed by atoms with Crippen LogP contribution in [0, 0.1) is 18.7 Å². The lowest BCUT2D eigenvalue weighted by Crippen LogP contribution is -2.46. The number of anilines is 5. The number of aromatic amines is 3. The van der Waals surface area contributed by atoms with Crippen molar-refractivity contribution in [3.05, 3.63) is 164 Å². The number of thioether (sulfide) groups is 2. The highest BCUT2D eigenvalue weighted by atomic mass is 32.2. The van der Waals surface area contributed by atoms with E-state index in [1.165, 1.54) is 48.8 Å². The number of carbonyl (C=O) groups excluding carboxylic acids is 1. The van der Waals surface area contributed by atoms with Gasteiger partial charge < -0.3 is 88.7 Å². The van der Waals surface area contributed by atoms with Crippen LogP contribution in [0.2, 0.25) is 0 Å². The molecule has 0 spiro atoms. The third kappa shape index (κ3) is 36.9. The number of H-pyrrole nitrogens is 3. The zero-order chi connectivity index (χ0) is 105. The number of benzene rings is 1. The van der Waals surface area contributed by atoms with Crippen molar-refractivity contribution in [2.75, 3.05) is 83.9 Å². The summed E-state index contributed by atoms with van der Waals surface area (Å²) in [4.78, 5) is 132. The Labute approximate surface area is 838 Å². The summed E-state index contributed by atoms with van der Waals surface area (Å²) in [7, 11) is -3.92. The van der Waals surface area contributed by atoms with E-state index < -0.39 is 79.3 Å². The van der Waals surface area contributed by atoms with Crippen molar-refractivity contribution in [3.63, 3.8) is 0 Å². The molecule has 0 amide bonds. The molecule has 10 N–H and O–H groups in total. The molecule has 12 heterocycles. The van der Waals surface area contributed by atoms with E-state index in [9.17, 15) is 47.3 Å². The van der Waals surface area contributed by atoms with E-state index in [1.807, 2.05) is 131 Å². The molecule has 0 aliphatic carbocycles. The van der Waals surface area contributed by atoms with Crippen LogP contribution in [0.25, 0.3) is 22.3 Å². The molecule has 44 nitrogen and oxygen atoms in total. The maximum atomic E-state index is 16.2. The van der Waals surface area contributed by atoms with Crippen LogP contribution in [0.1, 0.15) is 215 Å². The van der Waals surface area contributed by atoms with E-state index in [2.05, 4.69) is 76.4 Å². The van der Waals surface area contributed by atoms with Crippen molar-refractivity contribution >= 4 is 88.6 Å². The molecular weight excluding hydrogens is 1920 g/mol. The van der Waals surface area contributed by atoms with Crippen LogP contribution in [-0.4, -0.2) is 252 Å². The first-order valence-electron chi connectivity index (χ1n) is 48.1. The van der Waals surface area contributed by atoms with Gasteiger partial charge in [0.25, 0.3) is 16.7 Å². The Hall–Kier alpha value is -10.0. The third-order valence-corrected chi connectivity index (χ3v) is 25.4. The number of nitrogens with zero attached hydrogens (tertiary/aromatic N) is 13. The summed E-state index contributed by atoms with van der Waals surface area (Å²) in [5.74, 6) is 2.16. The van der Waals surface area contributed by atoms with Gasteiger partial charge in [0.2, 0.25) is 11.9 Å². The third-order valence-electron chi connectivity index (χ3n) is 21.2. The van der Waals surface area contributed by atoms with Crippen LogP contribution in [0.3, 0.4) is 0 Å². The van der Waals surface area contributed by atoms with Crippen LogP contribution < -0.4 is 70.5 Å². The van der Waals surface area contributed by atoms with Gasteiger partial charge in [0.15, 0.2) is 45.9 Å². The number of aromatic nitrogens is 16. The lowest BCUT2D eigenvalue weighted by atomic mass is 9.98. The lowest BCUT2D eigenvalue weighted by Gasteiger charge is -2.30. The lowest BCUT2D eigenvalue weighted by molar-refractivity contribution is -0.119. The molecule has 4 saturated heterocycles. The number of carbonyl (C=O) groups is 1. The molecule has 0 radical (unpaired) electrons. The quantitative estimate of drug-likeness (QED) is 0.0159. The molecule has 4 aliphatic rings. The highest BCUT2D eigenvalue weighted by Gasteiger charge is 2.58. The number of nitrogens with one attached hydrogen (secondary N) is 8. The van der Waals surface area contributed by atoms with Crippen LogP contribution in [0.4, 0.5) is 38.1 Å². The highest BCUT2D eigenvalue weighted by molar-refractivity contribution is 8.00. The summed E-state index contributed by atoms with van der Waals surface area (Å²) >= 11 is 3.20. The first-order valence-corrected chi connectivity index (χ1v) is 51.9. The first kappa shape index (κ1) is 118. The second-order valence-electron chi connectivity index (χ2n) is 37.2. The minimum absolute atomic E-state index is 0.00639. The Morgan fingerprint density at radius 3 is 1.47 bits per heavy atom. The zero-order valence-corrected chi connectivity index (χ0v) is 88.6. The molecule has 49 heteroatoms. The number of aryl methyl sites for hydroxylation is 1. The van der Waals surface area contributed by atoms with Gasteiger partial charge in [0, 0.05) is 71.8 Å². The highest BCUT2D eigenvalue weighted by Crippen LogP contribution is 2.52. The van der Waals surface area contributed by atoms with E-state index in [4.69, 9.17) is 66.6 Å². The number of para-hydroxylation sites is 1. The van der Waals surface area contributed by atoms with Gasteiger partial charge in [-0.1, -0.05) is 39.0 Å². The Morgan fingerprint density at radius 1 is 0.552 bits per heavy atom. The number of aliphatic hydroxyl groups is 2. The Morgan fingerprint density at radius 2 is 1.02 bits per heavy atom. The number of imidazole rings is 2. The fraction of sp³-hybridized carbons (Fsp3) is 0.649. The number of Topliss-reactive ketones (excluding diaryl/α,β-unsaturated/α-hetero) is 1. The summed E-state index contributed by atoms with van der Waals surface area (Å²) in [6, 6.07) is 12.7. The summed E-state index contributed by atoms with van der Waals surface area (Å²) in [6.45, 7) is 45.9. The second kappa shape index (κ2) is 56.6. The molecule has 13 rings (SSSR count). The molecule has 4 aliphatic heterocycles. The predicted octanol–water partition coefficient (Wildman–Crippen LogP) is 11.6. The normalized spacial score (nSPS) is 20.4. The van der Waals surface area contributed by atoms with Gasteiger partial charge in [-0.2, -0.15) is 24.9 Å². The molecule has 8 aromatic heterocycles. The number of halogens is 2. The standard InChI is InChI=1S/C25H34FN2O8P.C15H25N3O3.C14H22FN3O3S.C14H23N3O3S.2C13H21N5O3/c1-15(2)34-21-20(35-23(25(21,6)26)28-12-16(3)22(30)27-24(28)31)13-33-37(32,14-17(4)18(5)29)36-19-10-8-7-9-11-19;1-10(2)16-13-7-8-18(15(19)17-13)14-6-5-12(21-14)9-20-11(3)4;1-8(2)16-13-10(15)5-18(14(19)17-13)11-7-22-12(21-11)6-20-9(3)4;1-9(2)15-11-5-6-17(14(18)16-11)12-8-21-13(20-12)7-19-10(3)4;2*1-4-9(5-19)21-7-18-6-14-10-11(18)16-13(15-8(2)3)17-12(10)20/h7-12,15,17,20-21,23H,13-14H2,1-6H3,(H,27,30,31);7-8,10-12,14H,5-6,9H2,1-4H3,(H,16,17,19);5,8-9,11-12H,6-7H2,1-4H3,(H,16,17,19);5-6,9-10,12-13H,7-8H2,1-4H3,(H,15,16,18);2*6,8-9,19H,4-5,7H2,1-3H3,(H2,15,16,17,20)/t17-,20-,21-,23?,25-,37?;12-,14?;11?,12-;12?,13-;;/m1011../s1. The average molecular weight is 2070 g/mol. The van der Waals surface area contributed by atoms with Gasteiger partial charge in [-0.15, -0.1) is 23.5 Å². The van der Waals surface area contributed by atoms with E-state index >= 15 is 4.39 Å². The monoisotopic (exact) mass is 2070 g/mol. The number of fused-ring (bicyclic) bond motifs is 2. The number of rotatable bonds is 43. The van der Waals surface area contributed by atoms with Crippen molar-refractivity contribution in [1.82, 2.24) is 77.2 Å². The minimum Gasteiger partial charge on any atom is -0.424 e. The van der Waals surface area contributed by atoms with Crippen molar-refractivity contribution in [1.29, 1.82) is 0 Å². The largest absolute Gasteiger partial charge is 0.424 e. The SMILES string of the molecule is CC(=O)[C@H](C)CP(=O)(OC[C@H]1OC(n2cc(C)c(=O)[nH]c2=O)[C@](C)(F)[C@@H]1OC(C)C)Oc1ccccc1.CC(C)Nc1ccn(C2CC[C@@H](COC(C)C)O2)c(=O)n1.CC(C)Nc1ccn(C2CS[C@H](COC(C)C)O2)c(=O)n1.CC(C)Nc1nc(=O)n(C2CS[C@H](COC(C)C)O2)cc1F.CCC(CO)OCn1cnc2c(=O)[nH]c(NC(C)C)nc21.CCC(CO)OCn1cnc2c(=O)[nH]c(NC(C)C)nc21. The first-order chi connectivity index (χ1) is 67.6. The molecule has 0 bridgehead atoms. The van der Waals surface area contributed by atoms with Gasteiger partial charge in [-0.05, 0) is 195 Å². The molecule has 9 aromatic rings. The molecule has 0 saturated carbocycles. The smallest absolute Gasteiger partial charge is 0.379 e. The Kier molecular flexibility index (Phi) is 46.8. The van der Waals surface area contributed by atoms with Crippen LogP contribution >= 0.6 is 31.1 Å². The fourth-order valence-electron chi connectivity index (χ4n) is 14.0. The number of alkyl halides is 1. The molecule has 14 atom stereocenters. The molecule has 143 heavy (non-hydrogen) atoms. The van der Waals surface area contributed by atoms with Crippen molar-refractivity contribution in [2.45, 2.75) is 332 Å². The molecule has 1 aromatic carbocycles. The molecular formula is C94H146F2N21O23PS2. The van der Waals surface area contributed by atoms with Gasteiger partial charge in [0.1, 0.15) is 78.4 Å². The number of ether oxygens (including phenoxy) is 10. The van der Waals surface area contributed by atoms with E-state index in [0.717, 1.165) is 29.4 Å². The number of aliphatic hydroxyl groups excluding tert-OH is 2. The maximum Gasteiger partial charge on any atom is 0.379 e. The Balaban J connectivity index is 0.000000213. The van der Waals surface area contributed by atoms with Gasteiger partial charge in [-0.25, -0.2) is 42.5 Å². The number of ketones is 1. The second-order valence-corrected chi connectivity index (χ2v) is 41.6. The summed E-state index contributed by atoms with van der Waals surface area (Å²) in [6.07, 6.45) is 6.64. The molecule has 7 unspecified atom stereocenters. The molecule has 796 valence electrons. The number of hydrogen-bond acceptors (Lipinski definition) is 37. The minimum atomic E-state index is -3.92. The predicted molar refractivity (Wildman–Crippen MR) is 544 cm³/mol. The van der Waals surface area contributed by atoms with Crippen LogP contribution in [-0.2, 0) is 74.7 Å². The number of hydrogen-bond donors (Lipinski definition) is 10. The average Bonchev–Trinajstić information content (AvgIpc) is 1.60. The van der Waals surface area contributed by atoms with Crippen molar-refractivity contribution < 1.29 is 84.8 Å². The Bertz CT molecular complexity index is 5740. The van der Waals surface area contributed by atoms with Gasteiger partial charge in [-0.3, -0.25) is 66.1 Å². The van der Waals surface area contributed by atoms with Gasteiger partial charge >= 0.3 is 30.4 Å². The van der Waals surface area contributed by atoms with Crippen LogP contribution in [0.15, 0.2) is 113 Å². The van der Waals surface area contributed by atoms with E-state index in [0.29, 0.717) is 73.2 Å². The summed E-state index contributed by atoms with van der Waals surface area (Å²) in [5, 5.41) is 33.4.